The molecule has 0 fully saturated rings. The molecule has 1 amide bonds. The lowest BCUT2D eigenvalue weighted by Crippen LogP contribution is -2.14. The summed E-state index contributed by atoms with van der Waals surface area (Å²) in [5.74, 6) is 0.668. The fraction of sp³-hybridized carbons (Fsp3) is 0.130. The highest BCUT2D eigenvalue weighted by Gasteiger charge is 2.09. The van der Waals surface area contributed by atoms with E-state index in [1.807, 2.05) is 54.7 Å². The third-order valence-corrected chi connectivity index (χ3v) is 4.71. The molecule has 2 heterocycles. The molecule has 4 rings (SSSR count). The summed E-state index contributed by atoms with van der Waals surface area (Å²) < 4.78 is 0. The molecule has 140 valence electrons. The van der Waals surface area contributed by atoms with Gasteiger partial charge in [-0.15, -0.1) is 0 Å². The van der Waals surface area contributed by atoms with Gasteiger partial charge >= 0.3 is 0 Å². The first-order valence-electron chi connectivity index (χ1n) is 9.38. The molecular weight excluding hydrogens is 348 g/mol. The number of hydrogen-bond acceptors (Lipinski definition) is 3. The fourth-order valence-corrected chi connectivity index (χ4v) is 3.17. The van der Waals surface area contributed by atoms with Gasteiger partial charge in [-0.25, -0.2) is 4.98 Å². The molecule has 5 heteroatoms. The van der Waals surface area contributed by atoms with Crippen molar-refractivity contribution in [3.63, 3.8) is 0 Å². The van der Waals surface area contributed by atoms with E-state index < -0.39 is 0 Å². The highest BCUT2D eigenvalue weighted by molar-refractivity contribution is 5.95. The molecule has 0 spiro atoms. The van der Waals surface area contributed by atoms with Crippen LogP contribution in [0.2, 0.25) is 0 Å². The number of fused-ring (bicyclic) bond motifs is 1. The van der Waals surface area contributed by atoms with E-state index in [-0.39, 0.29) is 5.91 Å². The SMILES string of the molecule is CCc1ccc(Nc2ccc(NC(=O)Cc3c[nH]c4ccccc34)cn2)cc1. The van der Waals surface area contributed by atoms with Crippen molar-refractivity contribution in [2.45, 2.75) is 19.8 Å². The van der Waals surface area contributed by atoms with Gasteiger partial charge in [0.05, 0.1) is 18.3 Å². The molecule has 0 saturated heterocycles. The number of nitrogens with zero attached hydrogens (tertiary/aromatic N) is 1. The molecular formula is C23H22N4O. The maximum atomic E-state index is 12.4. The number of carbonyl (C=O) groups is 1. The minimum atomic E-state index is -0.0672. The van der Waals surface area contributed by atoms with Crippen LogP contribution in [0.15, 0.2) is 73.1 Å². The second-order valence-corrected chi connectivity index (χ2v) is 6.69. The van der Waals surface area contributed by atoms with Crippen LogP contribution in [0.5, 0.6) is 0 Å². The van der Waals surface area contributed by atoms with Gasteiger partial charge in [0.2, 0.25) is 5.91 Å². The maximum Gasteiger partial charge on any atom is 0.228 e. The lowest BCUT2D eigenvalue weighted by atomic mass is 10.1. The molecule has 0 aliphatic rings. The van der Waals surface area contributed by atoms with Gasteiger partial charge in [0.25, 0.3) is 0 Å². The van der Waals surface area contributed by atoms with Crippen LogP contribution in [-0.4, -0.2) is 15.9 Å². The molecule has 0 atom stereocenters. The molecule has 2 aromatic heterocycles. The second-order valence-electron chi connectivity index (χ2n) is 6.69. The Kier molecular flexibility index (Phi) is 5.06. The van der Waals surface area contributed by atoms with E-state index in [0.29, 0.717) is 12.1 Å². The van der Waals surface area contributed by atoms with E-state index in [1.165, 1.54) is 5.56 Å². The number of amides is 1. The summed E-state index contributed by atoms with van der Waals surface area (Å²) in [5, 5.41) is 7.25. The number of benzene rings is 2. The number of para-hydroxylation sites is 1. The van der Waals surface area contributed by atoms with Crippen molar-refractivity contribution in [2.24, 2.45) is 0 Å². The smallest absolute Gasteiger partial charge is 0.228 e. The highest BCUT2D eigenvalue weighted by atomic mass is 16.1. The summed E-state index contributed by atoms with van der Waals surface area (Å²) in [6, 6.07) is 20.0. The van der Waals surface area contributed by atoms with Gasteiger partial charge in [0.15, 0.2) is 0 Å². The molecule has 0 aliphatic heterocycles. The number of H-pyrrole nitrogens is 1. The first kappa shape index (κ1) is 17.8. The van der Waals surface area contributed by atoms with Gasteiger partial charge in [0, 0.05) is 22.8 Å². The number of aromatic nitrogens is 2. The third-order valence-electron chi connectivity index (χ3n) is 4.71. The number of carbonyl (C=O) groups excluding carboxylic acids is 1. The summed E-state index contributed by atoms with van der Waals surface area (Å²) in [6.07, 6.45) is 4.88. The van der Waals surface area contributed by atoms with E-state index in [9.17, 15) is 4.79 Å². The van der Waals surface area contributed by atoms with Gasteiger partial charge < -0.3 is 15.6 Å². The molecule has 3 N–H and O–H groups in total. The van der Waals surface area contributed by atoms with E-state index in [2.05, 4.69) is 39.7 Å². The van der Waals surface area contributed by atoms with Crippen molar-refractivity contribution in [2.75, 3.05) is 10.6 Å². The number of rotatable bonds is 6. The van der Waals surface area contributed by atoms with E-state index in [1.54, 1.807) is 6.20 Å². The Morgan fingerprint density at radius 1 is 1.00 bits per heavy atom. The lowest BCUT2D eigenvalue weighted by molar-refractivity contribution is -0.115. The zero-order valence-corrected chi connectivity index (χ0v) is 15.7. The molecule has 5 nitrogen and oxygen atoms in total. The molecule has 28 heavy (non-hydrogen) atoms. The van der Waals surface area contributed by atoms with Gasteiger partial charge in [0.1, 0.15) is 5.82 Å². The minimum absolute atomic E-state index is 0.0672. The zero-order chi connectivity index (χ0) is 19.3. The minimum Gasteiger partial charge on any atom is -0.361 e. The second kappa shape index (κ2) is 7.96. The van der Waals surface area contributed by atoms with Crippen molar-refractivity contribution in [3.8, 4) is 0 Å². The standard InChI is InChI=1S/C23H22N4O/c1-2-16-7-9-18(10-8-16)26-22-12-11-19(15-25-22)27-23(28)13-17-14-24-21-6-4-3-5-20(17)21/h3-12,14-15,24H,2,13H2,1H3,(H,25,26)(H,27,28). The summed E-state index contributed by atoms with van der Waals surface area (Å²) in [5.41, 5.74) is 4.98. The van der Waals surface area contributed by atoms with Gasteiger partial charge in [-0.1, -0.05) is 37.3 Å². The van der Waals surface area contributed by atoms with Gasteiger partial charge in [-0.2, -0.15) is 0 Å². The number of anilines is 3. The maximum absolute atomic E-state index is 12.4. The van der Waals surface area contributed by atoms with Crippen molar-refractivity contribution >= 4 is 34.0 Å². The highest BCUT2D eigenvalue weighted by Crippen LogP contribution is 2.20. The van der Waals surface area contributed by atoms with Gasteiger partial charge in [-0.05, 0) is 47.9 Å². The normalized spacial score (nSPS) is 10.8. The molecule has 0 unspecified atom stereocenters. The average Bonchev–Trinajstić information content (AvgIpc) is 3.13. The first-order valence-corrected chi connectivity index (χ1v) is 9.38. The Hall–Kier alpha value is -3.60. The van der Waals surface area contributed by atoms with E-state index in [0.717, 1.165) is 34.4 Å². The molecule has 0 radical (unpaired) electrons. The number of nitrogens with one attached hydrogen (secondary N) is 3. The molecule has 0 aliphatic carbocycles. The van der Waals surface area contributed by atoms with Crippen LogP contribution in [-0.2, 0) is 17.6 Å². The molecule has 2 aromatic carbocycles. The largest absolute Gasteiger partial charge is 0.361 e. The average molecular weight is 370 g/mol. The Morgan fingerprint density at radius 3 is 2.54 bits per heavy atom. The Labute approximate surface area is 163 Å². The Morgan fingerprint density at radius 2 is 1.79 bits per heavy atom. The monoisotopic (exact) mass is 370 g/mol. The van der Waals surface area contributed by atoms with Crippen LogP contribution in [0, 0.1) is 0 Å². The van der Waals surface area contributed by atoms with Crippen LogP contribution >= 0.6 is 0 Å². The number of pyridine rings is 1. The quantitative estimate of drug-likeness (QED) is 0.445. The topological polar surface area (TPSA) is 69.8 Å². The van der Waals surface area contributed by atoms with Crippen molar-refractivity contribution in [1.29, 1.82) is 0 Å². The van der Waals surface area contributed by atoms with Crippen LogP contribution in [0.4, 0.5) is 17.2 Å². The fourth-order valence-electron chi connectivity index (χ4n) is 3.17. The summed E-state index contributed by atoms with van der Waals surface area (Å²) in [6.45, 7) is 2.13. The summed E-state index contributed by atoms with van der Waals surface area (Å²) in [7, 11) is 0. The molecule has 0 bridgehead atoms. The van der Waals surface area contributed by atoms with Crippen LogP contribution in [0.1, 0.15) is 18.1 Å². The van der Waals surface area contributed by atoms with Crippen LogP contribution < -0.4 is 10.6 Å². The zero-order valence-electron chi connectivity index (χ0n) is 15.7. The number of aryl methyl sites for hydroxylation is 1. The predicted molar refractivity (Wildman–Crippen MR) is 114 cm³/mol. The molecule has 4 aromatic rings. The molecule has 0 saturated carbocycles. The number of aromatic amines is 1. The number of hydrogen-bond donors (Lipinski definition) is 3. The van der Waals surface area contributed by atoms with Crippen LogP contribution in [0.3, 0.4) is 0 Å². The van der Waals surface area contributed by atoms with Crippen molar-refractivity contribution in [3.05, 3.63) is 84.2 Å². The van der Waals surface area contributed by atoms with E-state index in [4.69, 9.17) is 0 Å². The Balaban J connectivity index is 1.37. The summed E-state index contributed by atoms with van der Waals surface area (Å²) >= 11 is 0. The van der Waals surface area contributed by atoms with Crippen LogP contribution in [0.25, 0.3) is 10.9 Å². The third kappa shape index (κ3) is 4.04. The predicted octanol–water partition coefficient (Wildman–Crippen LogP) is 5.05. The van der Waals surface area contributed by atoms with Gasteiger partial charge in [-0.3, -0.25) is 4.79 Å². The van der Waals surface area contributed by atoms with Crippen molar-refractivity contribution < 1.29 is 4.79 Å². The van der Waals surface area contributed by atoms with E-state index >= 15 is 0 Å². The first-order chi connectivity index (χ1) is 13.7. The summed E-state index contributed by atoms with van der Waals surface area (Å²) in [4.78, 5) is 20.0. The van der Waals surface area contributed by atoms with Crippen molar-refractivity contribution in [1.82, 2.24) is 9.97 Å². The lowest BCUT2D eigenvalue weighted by Gasteiger charge is -2.08. The Bertz CT molecular complexity index is 1080.